The summed E-state index contributed by atoms with van der Waals surface area (Å²) in [5.74, 6) is 0.513. The van der Waals surface area contributed by atoms with Gasteiger partial charge in [0.2, 0.25) is 0 Å². The fourth-order valence-corrected chi connectivity index (χ4v) is 2.40. The van der Waals surface area contributed by atoms with E-state index in [2.05, 4.69) is 21.9 Å². The van der Waals surface area contributed by atoms with Crippen molar-refractivity contribution < 1.29 is 8.91 Å². The molecule has 1 aromatic carbocycles. The number of hydrogen-bond acceptors (Lipinski definition) is 4. The van der Waals surface area contributed by atoms with Crippen LogP contribution in [-0.4, -0.2) is 42.8 Å². The van der Waals surface area contributed by atoms with E-state index in [-0.39, 0.29) is 5.82 Å². The molecule has 1 fully saturated rings. The second kappa shape index (κ2) is 4.57. The number of rotatable bonds is 2. The number of anilines is 1. The Kier molecular flexibility index (Phi) is 2.91. The smallest absolute Gasteiger partial charge is 0.180 e. The second-order valence-corrected chi connectivity index (χ2v) is 4.57. The van der Waals surface area contributed by atoms with Gasteiger partial charge in [-0.05, 0) is 24.7 Å². The lowest BCUT2D eigenvalue weighted by Gasteiger charge is -2.33. The minimum Gasteiger partial charge on any atom is -0.354 e. The first kappa shape index (κ1) is 11.5. The van der Waals surface area contributed by atoms with E-state index in [0.29, 0.717) is 5.58 Å². The van der Waals surface area contributed by atoms with Crippen molar-refractivity contribution >= 4 is 16.8 Å². The molecule has 2 aromatic rings. The highest BCUT2D eigenvalue weighted by Gasteiger charge is 2.20. The van der Waals surface area contributed by atoms with Gasteiger partial charge in [0.1, 0.15) is 5.82 Å². The summed E-state index contributed by atoms with van der Waals surface area (Å²) in [5, 5.41) is 4.84. The highest BCUT2D eigenvalue weighted by atomic mass is 19.1. The summed E-state index contributed by atoms with van der Waals surface area (Å²) in [6.07, 6.45) is 0. The number of aromatic nitrogens is 1. The van der Waals surface area contributed by atoms with Gasteiger partial charge in [-0.3, -0.25) is 0 Å². The van der Waals surface area contributed by atoms with Crippen LogP contribution in [0.2, 0.25) is 0 Å². The second-order valence-electron chi connectivity index (χ2n) is 4.57. The largest absolute Gasteiger partial charge is 0.354 e. The molecule has 0 N–H and O–H groups in total. The Balaban J connectivity index is 1.88. The Morgan fingerprint density at radius 2 is 2.06 bits per heavy atom. The molecular weight excluding hydrogens is 233 g/mol. The molecule has 1 aromatic heterocycles. The van der Waals surface area contributed by atoms with Crippen LogP contribution in [0, 0.1) is 5.82 Å². The van der Waals surface area contributed by atoms with Gasteiger partial charge in [-0.15, -0.1) is 0 Å². The molecule has 0 unspecified atom stereocenters. The predicted molar refractivity (Wildman–Crippen MR) is 68.3 cm³/mol. The quantitative estimate of drug-likeness (QED) is 0.816. The van der Waals surface area contributed by atoms with Gasteiger partial charge in [0.15, 0.2) is 11.4 Å². The molecule has 1 aliphatic rings. The molecule has 0 atom stereocenters. The third-order valence-electron chi connectivity index (χ3n) is 3.53. The van der Waals surface area contributed by atoms with E-state index in [9.17, 15) is 4.39 Å². The lowest BCUT2D eigenvalue weighted by molar-refractivity contribution is 0.269. The van der Waals surface area contributed by atoms with Gasteiger partial charge >= 0.3 is 0 Å². The van der Waals surface area contributed by atoms with Gasteiger partial charge in [-0.2, -0.15) is 0 Å². The van der Waals surface area contributed by atoms with Gasteiger partial charge in [0, 0.05) is 26.2 Å². The summed E-state index contributed by atoms with van der Waals surface area (Å²) >= 11 is 0. The molecule has 5 heteroatoms. The van der Waals surface area contributed by atoms with Crippen LogP contribution in [0.3, 0.4) is 0 Å². The van der Waals surface area contributed by atoms with Crippen LogP contribution < -0.4 is 4.90 Å². The maximum atomic E-state index is 13.3. The van der Waals surface area contributed by atoms with Gasteiger partial charge in [-0.1, -0.05) is 12.1 Å². The molecule has 96 valence electrons. The van der Waals surface area contributed by atoms with E-state index in [1.807, 2.05) is 0 Å². The molecule has 0 spiro atoms. The van der Waals surface area contributed by atoms with E-state index in [1.54, 1.807) is 6.07 Å². The first-order valence-corrected chi connectivity index (χ1v) is 6.30. The Labute approximate surface area is 105 Å². The monoisotopic (exact) mass is 249 g/mol. The maximum Gasteiger partial charge on any atom is 0.180 e. The Morgan fingerprint density at radius 3 is 2.78 bits per heavy atom. The van der Waals surface area contributed by atoms with Crippen LogP contribution in [0.1, 0.15) is 6.92 Å². The fourth-order valence-electron chi connectivity index (χ4n) is 2.40. The SMILES string of the molecule is CCN1CCN(c2noc3ccc(F)cc23)CC1. The first-order chi connectivity index (χ1) is 8.78. The maximum absolute atomic E-state index is 13.3. The molecule has 0 saturated carbocycles. The fraction of sp³-hybridized carbons (Fsp3) is 0.462. The number of halogens is 1. The number of likely N-dealkylation sites (N-methyl/N-ethyl adjacent to an activating group) is 1. The van der Waals surface area contributed by atoms with Crippen molar-refractivity contribution in [3.63, 3.8) is 0 Å². The molecule has 2 heterocycles. The molecule has 1 aliphatic heterocycles. The van der Waals surface area contributed by atoms with Gasteiger partial charge in [0.05, 0.1) is 5.39 Å². The third-order valence-corrected chi connectivity index (χ3v) is 3.53. The van der Waals surface area contributed by atoms with E-state index in [1.165, 1.54) is 12.1 Å². The lowest BCUT2D eigenvalue weighted by atomic mass is 10.2. The molecule has 18 heavy (non-hydrogen) atoms. The Hall–Kier alpha value is -1.62. The third kappa shape index (κ3) is 1.95. The Morgan fingerprint density at radius 1 is 1.28 bits per heavy atom. The zero-order valence-corrected chi connectivity index (χ0v) is 10.4. The van der Waals surface area contributed by atoms with E-state index in [0.717, 1.165) is 43.9 Å². The number of piperazine rings is 1. The molecule has 3 rings (SSSR count). The summed E-state index contributed by atoms with van der Waals surface area (Å²) < 4.78 is 18.5. The van der Waals surface area contributed by atoms with Gasteiger partial charge in [0.25, 0.3) is 0 Å². The summed E-state index contributed by atoms with van der Waals surface area (Å²) in [5.41, 5.74) is 0.643. The summed E-state index contributed by atoms with van der Waals surface area (Å²) in [4.78, 5) is 4.55. The van der Waals surface area contributed by atoms with Crippen molar-refractivity contribution in [1.29, 1.82) is 0 Å². The van der Waals surface area contributed by atoms with Crippen molar-refractivity contribution in [3.05, 3.63) is 24.0 Å². The van der Waals surface area contributed by atoms with Crippen LogP contribution in [-0.2, 0) is 0 Å². The number of benzene rings is 1. The first-order valence-electron chi connectivity index (χ1n) is 6.30. The molecule has 4 nitrogen and oxygen atoms in total. The molecule has 0 bridgehead atoms. The number of fused-ring (bicyclic) bond motifs is 1. The van der Waals surface area contributed by atoms with E-state index in [4.69, 9.17) is 4.52 Å². The van der Waals surface area contributed by atoms with Crippen LogP contribution in [0.25, 0.3) is 11.0 Å². The molecular formula is C13H16FN3O. The van der Waals surface area contributed by atoms with Crippen LogP contribution >= 0.6 is 0 Å². The van der Waals surface area contributed by atoms with Crippen molar-refractivity contribution in [2.24, 2.45) is 0 Å². The van der Waals surface area contributed by atoms with Crippen LogP contribution in [0.5, 0.6) is 0 Å². The van der Waals surface area contributed by atoms with Crippen molar-refractivity contribution in [3.8, 4) is 0 Å². The molecule has 0 radical (unpaired) electrons. The molecule has 0 aliphatic carbocycles. The zero-order valence-electron chi connectivity index (χ0n) is 10.4. The average molecular weight is 249 g/mol. The number of nitrogens with zero attached hydrogens (tertiary/aromatic N) is 3. The zero-order chi connectivity index (χ0) is 12.5. The predicted octanol–water partition coefficient (Wildman–Crippen LogP) is 2.11. The average Bonchev–Trinajstić information content (AvgIpc) is 2.82. The van der Waals surface area contributed by atoms with Gasteiger partial charge in [-0.25, -0.2) is 4.39 Å². The standard InChI is InChI=1S/C13H16FN3O/c1-2-16-5-7-17(8-6-16)13-11-9-10(14)3-4-12(11)18-15-13/h3-4,9H,2,5-8H2,1H3. The minimum atomic E-state index is -0.251. The highest BCUT2D eigenvalue weighted by Crippen LogP contribution is 2.27. The molecule has 1 saturated heterocycles. The summed E-state index contributed by atoms with van der Waals surface area (Å²) in [6, 6.07) is 4.52. The minimum absolute atomic E-state index is 0.251. The van der Waals surface area contributed by atoms with E-state index >= 15 is 0 Å². The van der Waals surface area contributed by atoms with Crippen molar-refractivity contribution in [1.82, 2.24) is 10.1 Å². The number of hydrogen-bond donors (Lipinski definition) is 0. The summed E-state index contributed by atoms with van der Waals surface area (Å²) in [6.45, 7) is 7.08. The Bertz CT molecular complexity index is 546. The lowest BCUT2D eigenvalue weighted by Crippen LogP contribution is -2.46. The van der Waals surface area contributed by atoms with Crippen LogP contribution in [0.4, 0.5) is 10.2 Å². The van der Waals surface area contributed by atoms with Crippen molar-refractivity contribution in [2.75, 3.05) is 37.6 Å². The van der Waals surface area contributed by atoms with Crippen molar-refractivity contribution in [2.45, 2.75) is 6.92 Å². The summed E-state index contributed by atoms with van der Waals surface area (Å²) in [7, 11) is 0. The normalized spacial score (nSPS) is 17.6. The van der Waals surface area contributed by atoms with Crippen LogP contribution in [0.15, 0.2) is 22.7 Å². The highest BCUT2D eigenvalue weighted by molar-refractivity contribution is 5.88. The topological polar surface area (TPSA) is 32.5 Å². The van der Waals surface area contributed by atoms with Gasteiger partial charge < -0.3 is 14.3 Å². The van der Waals surface area contributed by atoms with E-state index < -0.39 is 0 Å². The molecule has 0 amide bonds.